The summed E-state index contributed by atoms with van der Waals surface area (Å²) in [6.45, 7) is 0. The Hall–Kier alpha value is -7.83. The lowest BCUT2D eigenvalue weighted by Gasteiger charge is -2.13. The Morgan fingerprint density at radius 2 is 0.860 bits per heavy atom. The third kappa shape index (κ3) is 5.01. The van der Waals surface area contributed by atoms with Crippen molar-refractivity contribution in [3.05, 3.63) is 182 Å². The summed E-state index contributed by atoms with van der Waals surface area (Å²) >= 11 is 0. The first-order valence-corrected chi connectivity index (χ1v) is 19.0. The molecule has 0 radical (unpaired) electrons. The van der Waals surface area contributed by atoms with Crippen LogP contribution >= 0.6 is 0 Å². The van der Waals surface area contributed by atoms with Crippen LogP contribution in [0.1, 0.15) is 0 Å². The predicted molar refractivity (Wildman–Crippen MR) is 230 cm³/mol. The van der Waals surface area contributed by atoms with Gasteiger partial charge in [-0.15, -0.1) is 0 Å². The lowest BCUT2D eigenvalue weighted by molar-refractivity contribution is 0.668. The standard InChI is InChI=1S/C51H30N4O2/c1-2-12-31(13-3-1)49-52-50(35-25-27-41-39-18-6-9-23-45(39)57-47(41)30-35)54-51(53-49)55-43-21-7-4-16-37(43)42-20-11-19-36(48(42)55)34-15-10-14-32(28-34)33-24-26-40-38-17-5-8-22-44(38)56-46(40)29-33/h1-30H. The van der Waals surface area contributed by atoms with Gasteiger partial charge in [0.2, 0.25) is 5.95 Å². The highest BCUT2D eigenvalue weighted by molar-refractivity contribution is 6.14. The summed E-state index contributed by atoms with van der Waals surface area (Å²) in [5.74, 6) is 1.69. The van der Waals surface area contributed by atoms with Gasteiger partial charge in [-0.3, -0.25) is 4.57 Å². The molecule has 12 aromatic rings. The maximum absolute atomic E-state index is 6.31. The highest BCUT2D eigenvalue weighted by atomic mass is 16.3. The molecule has 0 aliphatic carbocycles. The predicted octanol–water partition coefficient (Wildman–Crippen LogP) is 13.4. The molecule has 0 aliphatic heterocycles. The molecule has 0 spiro atoms. The van der Waals surface area contributed by atoms with Gasteiger partial charge in [0.25, 0.3) is 0 Å². The third-order valence-corrected chi connectivity index (χ3v) is 11.1. The lowest BCUT2D eigenvalue weighted by atomic mass is 9.97. The molecule has 0 saturated heterocycles. The molecule has 6 heteroatoms. The topological polar surface area (TPSA) is 69.9 Å². The minimum absolute atomic E-state index is 0.536. The Morgan fingerprint density at radius 1 is 0.333 bits per heavy atom. The van der Waals surface area contributed by atoms with Gasteiger partial charge in [-0.2, -0.15) is 9.97 Å². The summed E-state index contributed by atoms with van der Waals surface area (Å²) < 4.78 is 14.8. The van der Waals surface area contributed by atoms with E-state index < -0.39 is 0 Å². The number of nitrogens with zero attached hydrogens (tertiary/aromatic N) is 4. The molecule has 0 fully saturated rings. The van der Waals surface area contributed by atoms with Crippen LogP contribution in [0.5, 0.6) is 0 Å². The van der Waals surface area contributed by atoms with E-state index in [4.69, 9.17) is 23.8 Å². The molecule has 0 amide bonds. The molecule has 6 nitrogen and oxygen atoms in total. The fraction of sp³-hybridized carbons (Fsp3) is 0. The summed E-state index contributed by atoms with van der Waals surface area (Å²) in [7, 11) is 0. The van der Waals surface area contributed by atoms with Crippen LogP contribution in [0.2, 0.25) is 0 Å². The van der Waals surface area contributed by atoms with Crippen molar-refractivity contribution in [3.8, 4) is 51.0 Å². The molecule has 4 aromatic heterocycles. The molecular formula is C51H30N4O2. The van der Waals surface area contributed by atoms with E-state index in [1.807, 2.05) is 66.7 Å². The first-order valence-electron chi connectivity index (χ1n) is 19.0. The zero-order chi connectivity index (χ0) is 37.5. The van der Waals surface area contributed by atoms with E-state index in [9.17, 15) is 0 Å². The summed E-state index contributed by atoms with van der Waals surface area (Å²) in [6, 6.07) is 62.8. The molecule has 0 N–H and O–H groups in total. The normalized spacial score (nSPS) is 11.9. The van der Waals surface area contributed by atoms with E-state index in [1.165, 1.54) is 0 Å². The number of furan rings is 2. The van der Waals surface area contributed by atoms with Crippen molar-refractivity contribution in [1.29, 1.82) is 0 Å². The molecule has 266 valence electrons. The van der Waals surface area contributed by atoms with Crippen LogP contribution in [-0.4, -0.2) is 19.5 Å². The van der Waals surface area contributed by atoms with Gasteiger partial charge in [-0.1, -0.05) is 133 Å². The first kappa shape index (κ1) is 31.5. The second kappa shape index (κ2) is 12.3. The minimum atomic E-state index is 0.536. The summed E-state index contributed by atoms with van der Waals surface area (Å²) in [4.78, 5) is 15.6. The SMILES string of the molecule is c1ccc(-c2nc(-c3ccc4c(c3)oc3ccccc34)nc(-n3c4ccccc4c4cccc(-c5cccc(-c6ccc7c(c6)oc6ccccc67)c5)c43)n2)cc1. The zero-order valence-corrected chi connectivity index (χ0v) is 30.4. The van der Waals surface area contributed by atoms with Crippen LogP contribution in [0.3, 0.4) is 0 Å². The second-order valence-corrected chi connectivity index (χ2v) is 14.4. The number of aromatic nitrogens is 4. The van der Waals surface area contributed by atoms with Crippen molar-refractivity contribution >= 4 is 65.7 Å². The van der Waals surface area contributed by atoms with E-state index in [1.54, 1.807) is 0 Å². The van der Waals surface area contributed by atoms with Gasteiger partial charge in [0, 0.05) is 49.0 Å². The smallest absolute Gasteiger partial charge is 0.238 e. The van der Waals surface area contributed by atoms with Gasteiger partial charge in [0.1, 0.15) is 22.3 Å². The molecule has 0 unspecified atom stereocenters. The second-order valence-electron chi connectivity index (χ2n) is 14.4. The van der Waals surface area contributed by atoms with Crippen molar-refractivity contribution in [3.63, 3.8) is 0 Å². The summed E-state index contributed by atoms with van der Waals surface area (Å²) in [6.07, 6.45) is 0. The van der Waals surface area contributed by atoms with E-state index >= 15 is 0 Å². The molecule has 12 rings (SSSR count). The van der Waals surface area contributed by atoms with Crippen LogP contribution in [0, 0.1) is 0 Å². The maximum Gasteiger partial charge on any atom is 0.238 e. The third-order valence-electron chi connectivity index (χ3n) is 11.1. The van der Waals surface area contributed by atoms with E-state index in [-0.39, 0.29) is 0 Å². The number of para-hydroxylation sites is 4. The fourth-order valence-electron chi connectivity index (χ4n) is 8.41. The molecule has 0 bridgehead atoms. The Morgan fingerprint density at radius 3 is 1.61 bits per heavy atom. The Labute approximate surface area is 325 Å². The zero-order valence-electron chi connectivity index (χ0n) is 30.4. The average molecular weight is 731 g/mol. The van der Waals surface area contributed by atoms with Gasteiger partial charge in [0.15, 0.2) is 11.6 Å². The quantitative estimate of drug-likeness (QED) is 0.176. The van der Waals surface area contributed by atoms with Crippen molar-refractivity contribution < 1.29 is 8.83 Å². The van der Waals surface area contributed by atoms with Crippen LogP contribution in [0.15, 0.2) is 191 Å². The molecular weight excluding hydrogens is 701 g/mol. The molecule has 0 atom stereocenters. The first-order chi connectivity index (χ1) is 28.2. The highest BCUT2D eigenvalue weighted by Gasteiger charge is 2.21. The van der Waals surface area contributed by atoms with Gasteiger partial charge in [-0.25, -0.2) is 4.98 Å². The highest BCUT2D eigenvalue weighted by Crippen LogP contribution is 2.40. The number of hydrogen-bond donors (Lipinski definition) is 0. The Kier molecular flexibility index (Phi) is 6.83. The Bertz CT molecular complexity index is 3540. The van der Waals surface area contributed by atoms with Crippen LogP contribution in [0.25, 0.3) is 117 Å². The van der Waals surface area contributed by atoms with Crippen molar-refractivity contribution in [1.82, 2.24) is 19.5 Å². The summed E-state index contributed by atoms with van der Waals surface area (Å²) in [5, 5.41) is 6.61. The van der Waals surface area contributed by atoms with Crippen LogP contribution in [-0.2, 0) is 0 Å². The van der Waals surface area contributed by atoms with E-state index in [0.29, 0.717) is 17.6 Å². The maximum atomic E-state index is 6.31. The number of fused-ring (bicyclic) bond motifs is 9. The number of hydrogen-bond acceptors (Lipinski definition) is 5. The molecule has 4 heterocycles. The number of rotatable bonds is 5. The van der Waals surface area contributed by atoms with E-state index in [0.717, 1.165) is 99.1 Å². The summed E-state index contributed by atoms with van der Waals surface area (Å²) in [5.41, 5.74) is 11.5. The van der Waals surface area contributed by atoms with Gasteiger partial charge in [-0.05, 0) is 65.2 Å². The minimum Gasteiger partial charge on any atom is -0.456 e. The average Bonchev–Trinajstić information content (AvgIpc) is 3.95. The van der Waals surface area contributed by atoms with Crippen LogP contribution in [0.4, 0.5) is 0 Å². The molecule has 57 heavy (non-hydrogen) atoms. The molecule has 0 aliphatic rings. The number of benzene rings is 8. The van der Waals surface area contributed by atoms with Gasteiger partial charge < -0.3 is 8.83 Å². The van der Waals surface area contributed by atoms with Gasteiger partial charge >= 0.3 is 0 Å². The lowest BCUT2D eigenvalue weighted by Crippen LogP contribution is -2.07. The van der Waals surface area contributed by atoms with Crippen molar-refractivity contribution in [2.45, 2.75) is 0 Å². The molecule has 0 saturated carbocycles. The van der Waals surface area contributed by atoms with Crippen molar-refractivity contribution in [2.75, 3.05) is 0 Å². The van der Waals surface area contributed by atoms with Crippen molar-refractivity contribution in [2.24, 2.45) is 0 Å². The largest absolute Gasteiger partial charge is 0.456 e. The molecule has 8 aromatic carbocycles. The van der Waals surface area contributed by atoms with Crippen LogP contribution < -0.4 is 0 Å². The fourth-order valence-corrected chi connectivity index (χ4v) is 8.41. The Balaban J connectivity index is 1.07. The van der Waals surface area contributed by atoms with Gasteiger partial charge in [0.05, 0.1) is 11.0 Å². The monoisotopic (exact) mass is 730 g/mol. The van der Waals surface area contributed by atoms with E-state index in [2.05, 4.69) is 120 Å².